The molecule has 64 heavy (non-hydrogen) atoms. The summed E-state index contributed by atoms with van der Waals surface area (Å²) in [6.45, 7) is 8.90. The molecule has 1 atom stereocenters. The highest BCUT2D eigenvalue weighted by molar-refractivity contribution is 6.37. The van der Waals surface area contributed by atoms with Crippen LogP contribution in [0.1, 0.15) is 30.9 Å². The Morgan fingerprint density at radius 2 is 1.50 bits per heavy atom. The van der Waals surface area contributed by atoms with E-state index >= 15 is 0 Å². The Kier molecular flexibility index (Phi) is 16.3. The predicted octanol–water partition coefficient (Wildman–Crippen LogP) is 5.40. The van der Waals surface area contributed by atoms with Gasteiger partial charge in [-0.2, -0.15) is 5.26 Å². The van der Waals surface area contributed by atoms with Crippen LogP contribution in [0.5, 0.6) is 17.2 Å². The van der Waals surface area contributed by atoms with Crippen LogP contribution in [-0.4, -0.2) is 135 Å². The number of para-hydroxylation sites is 2. The fourth-order valence-electron chi connectivity index (χ4n) is 7.91. The Morgan fingerprint density at radius 3 is 2.19 bits per heavy atom. The summed E-state index contributed by atoms with van der Waals surface area (Å²) in [7, 11) is 3.09. The summed E-state index contributed by atoms with van der Waals surface area (Å²) >= 11 is 12.9. The van der Waals surface area contributed by atoms with Gasteiger partial charge >= 0.3 is 5.69 Å². The smallest absolute Gasteiger partial charge is 0.329 e. The quantitative estimate of drug-likeness (QED) is 0.0665. The molecule has 2 N–H and O–H groups in total. The summed E-state index contributed by atoms with van der Waals surface area (Å²) in [6, 6.07) is 15.6. The number of amides is 2. The first-order valence-electron chi connectivity index (χ1n) is 21.2. The normalized spacial score (nSPS) is 16.0. The van der Waals surface area contributed by atoms with Gasteiger partial charge < -0.3 is 38.6 Å². The number of imidazole rings is 1. The third-order valence-corrected chi connectivity index (χ3v) is 11.8. The highest BCUT2D eigenvalue weighted by atomic mass is 35.5. The molecule has 0 aliphatic carbocycles. The Bertz CT molecular complexity index is 2540. The number of hydrogen-bond acceptors (Lipinski definition) is 14. The summed E-state index contributed by atoms with van der Waals surface area (Å²) in [5.41, 5.74) is 3.15. The average molecular weight is 920 g/mol. The number of nitrogens with one attached hydrogen (secondary N) is 2. The van der Waals surface area contributed by atoms with Gasteiger partial charge in [0.2, 0.25) is 11.8 Å². The largest absolute Gasteiger partial charge is 0.495 e. The molecule has 2 amide bonds. The van der Waals surface area contributed by atoms with E-state index in [1.807, 2.05) is 30.3 Å². The van der Waals surface area contributed by atoms with E-state index in [4.69, 9.17) is 51.6 Å². The topological polar surface area (TPSA) is 184 Å². The number of anilines is 2. The summed E-state index contributed by atoms with van der Waals surface area (Å²) in [4.78, 5) is 46.9. The van der Waals surface area contributed by atoms with Crippen LogP contribution in [0.3, 0.4) is 0 Å². The van der Waals surface area contributed by atoms with E-state index < -0.39 is 11.9 Å². The number of pyridine rings is 1. The number of aromatic nitrogens is 3. The van der Waals surface area contributed by atoms with Gasteiger partial charge in [0.15, 0.2) is 11.5 Å². The summed E-state index contributed by atoms with van der Waals surface area (Å²) in [5, 5.41) is 16.7. The number of nitrogens with zero attached hydrogens (tertiary/aromatic N) is 6. The molecule has 0 saturated carbocycles. The molecular formula is C45H52Cl2N8O9. The maximum Gasteiger partial charge on any atom is 0.329 e. The second-order valence-corrected chi connectivity index (χ2v) is 16.1. The van der Waals surface area contributed by atoms with Gasteiger partial charge in [-0.15, -0.1) is 0 Å². The van der Waals surface area contributed by atoms with Gasteiger partial charge in [-0.1, -0.05) is 35.3 Å². The highest BCUT2D eigenvalue weighted by Crippen LogP contribution is 2.45. The van der Waals surface area contributed by atoms with E-state index in [9.17, 15) is 19.6 Å². The number of methoxy groups -OCH3 is 2. The van der Waals surface area contributed by atoms with Gasteiger partial charge in [-0.3, -0.25) is 33.9 Å². The third kappa shape index (κ3) is 11.2. The molecule has 7 rings (SSSR count). The molecule has 2 saturated heterocycles. The van der Waals surface area contributed by atoms with Gasteiger partial charge in [0.05, 0.1) is 111 Å². The first kappa shape index (κ1) is 46.5. The van der Waals surface area contributed by atoms with Crippen LogP contribution in [-0.2, 0) is 30.3 Å². The van der Waals surface area contributed by atoms with E-state index in [0.717, 1.165) is 45.7 Å². The number of carbonyl (C=O) groups is 2. The molecule has 2 aromatic heterocycles. The zero-order valence-corrected chi connectivity index (χ0v) is 37.4. The van der Waals surface area contributed by atoms with Crippen molar-refractivity contribution >= 4 is 68.3 Å². The first-order chi connectivity index (χ1) is 31.2. The van der Waals surface area contributed by atoms with Crippen molar-refractivity contribution < 1.29 is 38.0 Å². The number of nitriles is 1. The molecule has 2 fully saturated rings. The van der Waals surface area contributed by atoms with Gasteiger partial charge in [-0.25, -0.2) is 4.79 Å². The lowest BCUT2D eigenvalue weighted by Crippen LogP contribution is -2.47. The van der Waals surface area contributed by atoms with Crippen LogP contribution in [0, 0.1) is 11.3 Å². The Labute approximate surface area is 380 Å². The fraction of sp³-hybridized carbons (Fsp3) is 0.444. The Hall–Kier alpha value is -5.45. The van der Waals surface area contributed by atoms with Crippen molar-refractivity contribution in [1.29, 1.82) is 5.26 Å². The highest BCUT2D eigenvalue weighted by Gasteiger charge is 2.31. The van der Waals surface area contributed by atoms with Gasteiger partial charge in [0, 0.05) is 69.4 Å². The molecule has 4 heterocycles. The predicted molar refractivity (Wildman–Crippen MR) is 242 cm³/mol. The summed E-state index contributed by atoms with van der Waals surface area (Å²) in [5.74, 6) is 0.623. The van der Waals surface area contributed by atoms with E-state index in [1.54, 1.807) is 29.9 Å². The first-order valence-corrected chi connectivity index (χ1v) is 22.0. The second kappa shape index (κ2) is 22.4. The Balaban J connectivity index is 0.772. The van der Waals surface area contributed by atoms with Crippen LogP contribution in [0.2, 0.25) is 10.0 Å². The van der Waals surface area contributed by atoms with Crippen molar-refractivity contribution in [2.75, 3.05) is 105 Å². The fourth-order valence-corrected chi connectivity index (χ4v) is 8.42. The van der Waals surface area contributed by atoms with Gasteiger partial charge in [0.25, 0.3) is 0 Å². The lowest BCUT2D eigenvalue weighted by molar-refractivity contribution is -0.135. The van der Waals surface area contributed by atoms with Crippen LogP contribution in [0.15, 0.2) is 59.5 Å². The Morgan fingerprint density at radius 1 is 0.812 bits per heavy atom. The molecule has 19 heteroatoms. The number of fused-ring (bicyclic) bond motifs is 2. The number of carbonyl (C=O) groups excluding carboxylic acids is 2. The number of ether oxygens (including phenoxy) is 6. The molecule has 0 radical (unpaired) electrons. The number of rotatable bonds is 22. The van der Waals surface area contributed by atoms with Crippen molar-refractivity contribution in [2.45, 2.75) is 31.8 Å². The van der Waals surface area contributed by atoms with Crippen LogP contribution in [0.25, 0.3) is 21.9 Å². The van der Waals surface area contributed by atoms with E-state index in [1.165, 1.54) is 17.9 Å². The maximum atomic E-state index is 13.4. The van der Waals surface area contributed by atoms with E-state index in [2.05, 4.69) is 31.5 Å². The number of halogens is 2. The molecule has 0 bridgehead atoms. The molecule has 3 aromatic carbocycles. The summed E-state index contributed by atoms with van der Waals surface area (Å²) in [6.07, 6.45) is 2.80. The number of piperidine rings is 1. The molecule has 5 aromatic rings. The van der Waals surface area contributed by atoms with Crippen LogP contribution < -0.4 is 30.5 Å². The minimum Gasteiger partial charge on any atom is -0.495 e. The number of benzene rings is 3. The van der Waals surface area contributed by atoms with Crippen LogP contribution >= 0.6 is 23.2 Å². The lowest BCUT2D eigenvalue weighted by Gasteiger charge is -2.34. The van der Waals surface area contributed by atoms with Crippen molar-refractivity contribution in [3.05, 3.63) is 80.8 Å². The molecule has 340 valence electrons. The zero-order valence-electron chi connectivity index (χ0n) is 35.9. The summed E-state index contributed by atoms with van der Waals surface area (Å²) < 4.78 is 37.9. The van der Waals surface area contributed by atoms with Crippen molar-refractivity contribution in [1.82, 2.24) is 29.2 Å². The van der Waals surface area contributed by atoms with Crippen molar-refractivity contribution in [2.24, 2.45) is 0 Å². The second-order valence-electron chi connectivity index (χ2n) is 15.3. The maximum absolute atomic E-state index is 13.4. The molecule has 2 aliphatic rings. The molecule has 1 unspecified atom stereocenters. The molecule has 0 spiro atoms. The number of imide groups is 1. The minimum absolute atomic E-state index is 0.190. The van der Waals surface area contributed by atoms with Gasteiger partial charge in [-0.05, 0) is 37.1 Å². The minimum atomic E-state index is -0.730. The lowest BCUT2D eigenvalue weighted by atomic mass is 10.1. The van der Waals surface area contributed by atoms with Crippen molar-refractivity contribution in [3.8, 4) is 23.3 Å². The average Bonchev–Trinajstić information content (AvgIpc) is 3.57. The molecular weight excluding hydrogens is 867 g/mol. The zero-order chi connectivity index (χ0) is 45.0. The van der Waals surface area contributed by atoms with Crippen LogP contribution in [0.4, 0.5) is 11.4 Å². The van der Waals surface area contributed by atoms with E-state index in [0.29, 0.717) is 119 Å². The third-order valence-electron chi connectivity index (χ3n) is 11.2. The SMILES string of the molecule is COc1cc(Nc2c(OC)c(OCCCN3CCN(CCOCCOCCOCCn4c(=O)n(C5CCC(=O)NC5=O)c5ccccc54)CC3)cc3ncc(C#N)cc23)c(Cl)cc1Cl. The monoisotopic (exact) mass is 918 g/mol. The van der Waals surface area contributed by atoms with E-state index in [-0.39, 0.29) is 24.4 Å². The molecule has 2 aliphatic heterocycles. The standard InChI is InChI=1S/C45H52Cl2N8O9/c1-59-39-27-35(32(46)25-33(39)47)50-42-31-24-30(28-48)29-49-34(31)26-40(43(42)60-2)64-17-5-10-52-11-13-53(14-12-52)15-18-61-20-22-63-23-21-62-19-16-54-36-6-3-4-7-37(36)55(45(54)58)38-8-9-41(56)51-44(38)57/h3-4,6-7,24-27,29,38,50H,5,8-23H2,1-2H3,(H,51,56,57). The van der Waals surface area contributed by atoms with Crippen molar-refractivity contribution in [3.63, 3.8) is 0 Å². The molecule has 17 nitrogen and oxygen atoms in total. The number of hydrogen-bond donors (Lipinski definition) is 2. The van der Waals surface area contributed by atoms with Gasteiger partial charge in [0.1, 0.15) is 17.9 Å². The number of piperazine rings is 1.